The van der Waals surface area contributed by atoms with Crippen LogP contribution in [0.5, 0.6) is 0 Å². The predicted molar refractivity (Wildman–Crippen MR) is 38.0 cm³/mol. The standard InChI is InChI=1S/C4H8N2O3.Ca.2H/c5-2(4(8)9)1-3(6)7;;;/h2H,1,5H2,(H2,6,7)(H,8,9);;;/t2-;;;/m0.../s1. The van der Waals surface area contributed by atoms with E-state index in [1.807, 2.05) is 0 Å². The third-order valence-corrected chi connectivity index (χ3v) is 0.738. The fraction of sp³-hybridized carbons (Fsp3) is 0.500. The van der Waals surface area contributed by atoms with E-state index in [4.69, 9.17) is 10.8 Å². The van der Waals surface area contributed by atoms with Gasteiger partial charge in [-0.1, -0.05) is 0 Å². The Hall–Kier alpha value is 0.160. The molecule has 0 spiro atoms. The van der Waals surface area contributed by atoms with Crippen LogP contribution in [0.2, 0.25) is 0 Å². The zero-order valence-corrected chi connectivity index (χ0v) is 4.70. The normalized spacial score (nSPS) is 11.3. The van der Waals surface area contributed by atoms with Crippen molar-refractivity contribution in [1.29, 1.82) is 0 Å². The molecule has 0 aliphatic rings. The van der Waals surface area contributed by atoms with Gasteiger partial charge in [0.15, 0.2) is 0 Å². The summed E-state index contributed by atoms with van der Waals surface area (Å²) in [6, 6.07) is -1.16. The van der Waals surface area contributed by atoms with Gasteiger partial charge in [0.2, 0.25) is 5.91 Å². The molecule has 0 aliphatic carbocycles. The molecular weight excluding hydrogens is 164 g/mol. The number of hydrogen-bond acceptors (Lipinski definition) is 3. The number of rotatable bonds is 3. The van der Waals surface area contributed by atoms with Crippen molar-refractivity contribution in [1.82, 2.24) is 0 Å². The van der Waals surface area contributed by atoms with Crippen LogP contribution in [0.15, 0.2) is 0 Å². The van der Waals surface area contributed by atoms with E-state index in [0.717, 1.165) is 0 Å². The second kappa shape index (κ2) is 5.91. The Balaban J connectivity index is 0. The predicted octanol–water partition coefficient (Wildman–Crippen LogP) is -2.64. The average molecular weight is 174 g/mol. The van der Waals surface area contributed by atoms with Crippen LogP contribution >= 0.6 is 0 Å². The van der Waals surface area contributed by atoms with Crippen molar-refractivity contribution >= 4 is 49.6 Å². The molecule has 56 valence electrons. The third-order valence-electron chi connectivity index (χ3n) is 0.738. The minimum absolute atomic E-state index is 0. The van der Waals surface area contributed by atoms with Gasteiger partial charge in [-0.25, -0.2) is 0 Å². The molecule has 0 aromatic rings. The number of hydrogen-bond donors (Lipinski definition) is 3. The van der Waals surface area contributed by atoms with Gasteiger partial charge in [-0.3, -0.25) is 9.59 Å². The van der Waals surface area contributed by atoms with Crippen LogP contribution in [0.1, 0.15) is 6.42 Å². The molecule has 6 heteroatoms. The molecule has 10 heavy (non-hydrogen) atoms. The van der Waals surface area contributed by atoms with Crippen molar-refractivity contribution in [3.63, 3.8) is 0 Å². The molecule has 0 fully saturated rings. The Morgan fingerprint density at radius 3 is 2.00 bits per heavy atom. The topological polar surface area (TPSA) is 106 Å². The molecule has 0 saturated heterocycles. The van der Waals surface area contributed by atoms with Gasteiger partial charge in [-0.05, 0) is 0 Å². The van der Waals surface area contributed by atoms with E-state index in [9.17, 15) is 9.59 Å². The SMILES string of the molecule is NC(=O)C[C@H](N)C(=O)O.[CaH2]. The van der Waals surface area contributed by atoms with Crippen LogP contribution in [0.3, 0.4) is 0 Å². The molecule has 0 aromatic heterocycles. The van der Waals surface area contributed by atoms with Crippen molar-refractivity contribution < 1.29 is 14.7 Å². The van der Waals surface area contributed by atoms with Crippen LogP contribution < -0.4 is 11.5 Å². The average Bonchev–Trinajstić information content (AvgIpc) is 1.63. The maximum absolute atomic E-state index is 9.99. The fourth-order valence-electron chi connectivity index (χ4n) is 0.304. The van der Waals surface area contributed by atoms with Crippen LogP contribution in [-0.4, -0.2) is 60.8 Å². The van der Waals surface area contributed by atoms with Gasteiger partial charge >= 0.3 is 43.7 Å². The molecule has 0 aromatic carbocycles. The number of carbonyl (C=O) groups excluding carboxylic acids is 1. The van der Waals surface area contributed by atoms with Crippen LogP contribution in [0.4, 0.5) is 0 Å². The second-order valence-electron chi connectivity index (χ2n) is 1.62. The molecule has 0 rings (SSSR count). The van der Waals surface area contributed by atoms with Crippen molar-refractivity contribution in [2.75, 3.05) is 0 Å². The van der Waals surface area contributed by atoms with Crippen LogP contribution in [-0.2, 0) is 9.59 Å². The molecule has 0 heterocycles. The number of nitrogens with two attached hydrogens (primary N) is 2. The van der Waals surface area contributed by atoms with Gasteiger partial charge in [0.25, 0.3) is 0 Å². The number of primary amides is 1. The van der Waals surface area contributed by atoms with E-state index in [0.29, 0.717) is 0 Å². The number of amides is 1. The third kappa shape index (κ3) is 6.28. The minimum atomic E-state index is -1.21. The zero-order valence-electron chi connectivity index (χ0n) is 4.70. The molecule has 5 N–H and O–H groups in total. The Labute approximate surface area is 87.7 Å². The first-order valence-electron chi connectivity index (χ1n) is 2.30. The summed E-state index contributed by atoms with van der Waals surface area (Å²) in [6.07, 6.45) is -0.310. The molecule has 0 radical (unpaired) electrons. The maximum atomic E-state index is 9.99. The van der Waals surface area contributed by atoms with Gasteiger partial charge in [-0.15, -0.1) is 0 Å². The first-order chi connectivity index (χ1) is 4.04. The molecule has 0 saturated carbocycles. The van der Waals surface area contributed by atoms with Crippen molar-refractivity contribution in [2.24, 2.45) is 11.5 Å². The molecule has 0 unspecified atom stereocenters. The zero-order chi connectivity index (χ0) is 7.44. The van der Waals surface area contributed by atoms with E-state index < -0.39 is 17.9 Å². The van der Waals surface area contributed by atoms with E-state index in [-0.39, 0.29) is 44.2 Å². The summed E-state index contributed by atoms with van der Waals surface area (Å²) in [6.45, 7) is 0. The number of carboxylic acids is 1. The van der Waals surface area contributed by atoms with Crippen molar-refractivity contribution in [2.45, 2.75) is 12.5 Å². The van der Waals surface area contributed by atoms with E-state index in [2.05, 4.69) is 5.73 Å². The Morgan fingerprint density at radius 2 is 1.90 bits per heavy atom. The van der Waals surface area contributed by atoms with E-state index >= 15 is 0 Å². The van der Waals surface area contributed by atoms with Gasteiger partial charge in [0.1, 0.15) is 6.04 Å². The Bertz CT molecular complexity index is 138. The summed E-state index contributed by atoms with van der Waals surface area (Å²) < 4.78 is 0. The summed E-state index contributed by atoms with van der Waals surface area (Å²) in [4.78, 5) is 19.9. The van der Waals surface area contributed by atoms with Gasteiger partial charge in [0.05, 0.1) is 6.42 Å². The number of aliphatic carboxylic acids is 1. The van der Waals surface area contributed by atoms with Crippen LogP contribution in [0.25, 0.3) is 0 Å². The van der Waals surface area contributed by atoms with Gasteiger partial charge < -0.3 is 16.6 Å². The summed E-state index contributed by atoms with van der Waals surface area (Å²) >= 11 is 0. The van der Waals surface area contributed by atoms with Crippen molar-refractivity contribution in [3.8, 4) is 0 Å². The van der Waals surface area contributed by atoms with Crippen molar-refractivity contribution in [3.05, 3.63) is 0 Å². The van der Waals surface area contributed by atoms with Gasteiger partial charge in [-0.2, -0.15) is 0 Å². The molecular formula is C4H10CaN2O3. The van der Waals surface area contributed by atoms with E-state index in [1.165, 1.54) is 0 Å². The molecule has 1 amide bonds. The van der Waals surface area contributed by atoms with E-state index in [1.54, 1.807) is 0 Å². The fourth-order valence-corrected chi connectivity index (χ4v) is 0.304. The Morgan fingerprint density at radius 1 is 1.50 bits per heavy atom. The number of carbonyl (C=O) groups is 2. The monoisotopic (exact) mass is 174 g/mol. The summed E-state index contributed by atoms with van der Waals surface area (Å²) in [5.74, 6) is -1.92. The number of carboxylic acid groups (broad SMARTS) is 1. The first-order valence-corrected chi connectivity index (χ1v) is 2.30. The summed E-state index contributed by atoms with van der Waals surface area (Å²) in [7, 11) is 0. The Kier molecular flexibility index (Phi) is 7.56. The van der Waals surface area contributed by atoms with Gasteiger partial charge in [0, 0.05) is 0 Å². The van der Waals surface area contributed by atoms with Crippen LogP contribution in [0, 0.1) is 0 Å². The molecule has 5 nitrogen and oxygen atoms in total. The molecule has 0 aliphatic heterocycles. The summed E-state index contributed by atoms with van der Waals surface area (Å²) in [5.41, 5.74) is 9.57. The first kappa shape index (κ1) is 12.8. The second-order valence-corrected chi connectivity index (χ2v) is 1.62. The molecule has 1 atom stereocenters. The summed E-state index contributed by atoms with van der Waals surface area (Å²) in [5, 5.41) is 8.10. The molecule has 0 bridgehead atoms. The quantitative estimate of drug-likeness (QED) is 0.406.